The van der Waals surface area contributed by atoms with E-state index in [2.05, 4.69) is 17.2 Å². The summed E-state index contributed by atoms with van der Waals surface area (Å²) >= 11 is 6.09. The van der Waals surface area contributed by atoms with Crippen molar-refractivity contribution < 1.29 is 18.0 Å². The third-order valence-corrected chi connectivity index (χ3v) is 8.91. The van der Waals surface area contributed by atoms with E-state index in [0.29, 0.717) is 78.3 Å². The van der Waals surface area contributed by atoms with Gasteiger partial charge in [0, 0.05) is 55.5 Å². The zero-order chi connectivity index (χ0) is 31.3. The van der Waals surface area contributed by atoms with E-state index in [4.69, 9.17) is 27.5 Å². The van der Waals surface area contributed by atoms with Crippen LogP contribution in [-0.4, -0.2) is 66.2 Å². The lowest BCUT2D eigenvalue weighted by Crippen LogP contribution is -2.42. The van der Waals surface area contributed by atoms with Gasteiger partial charge >= 0.3 is 0 Å². The molecule has 1 atom stereocenters. The third kappa shape index (κ3) is 7.94. The quantitative estimate of drug-likeness (QED) is 0.0910. The van der Waals surface area contributed by atoms with Crippen molar-refractivity contribution in [1.82, 2.24) is 9.80 Å². The zero-order valence-corrected chi connectivity index (χ0v) is 26.1. The van der Waals surface area contributed by atoms with Crippen LogP contribution < -0.4 is 16.8 Å². The fraction of sp³-hybridized carbons (Fsp3) is 0.515. The average Bonchev–Trinajstić information content (AvgIpc) is 3.58. The summed E-state index contributed by atoms with van der Waals surface area (Å²) in [4.78, 5) is 21.0. The van der Waals surface area contributed by atoms with Crippen molar-refractivity contribution in [2.75, 3.05) is 49.5 Å². The van der Waals surface area contributed by atoms with Gasteiger partial charge in [-0.3, -0.25) is 9.79 Å². The Balaban J connectivity index is 1.07. The van der Waals surface area contributed by atoms with E-state index in [1.165, 1.54) is 0 Å². The lowest BCUT2D eigenvalue weighted by molar-refractivity contribution is -0.132. The van der Waals surface area contributed by atoms with Crippen LogP contribution in [0.25, 0.3) is 11.0 Å². The Kier molecular flexibility index (Phi) is 10.2. The zero-order valence-electron chi connectivity index (χ0n) is 25.3. The maximum Gasteiger partial charge on any atom is 0.267 e. The third-order valence-electron chi connectivity index (χ3n) is 8.68. The summed E-state index contributed by atoms with van der Waals surface area (Å²) in [5, 5.41) is 4.81. The number of halogens is 3. The van der Waals surface area contributed by atoms with E-state index in [1.807, 2.05) is 40.1 Å². The van der Waals surface area contributed by atoms with E-state index in [1.54, 1.807) is 12.1 Å². The predicted molar refractivity (Wildman–Crippen MR) is 175 cm³/mol. The van der Waals surface area contributed by atoms with Crippen LogP contribution in [-0.2, 0) is 4.79 Å². The number of hydrogen-bond donors (Lipinski definition) is 3. The van der Waals surface area contributed by atoms with Crippen LogP contribution >= 0.6 is 11.6 Å². The minimum Gasteiger partial charge on any atom is -0.451 e. The molecular formula is C33H43ClF2N6O2. The number of carbonyl (C=O) groups excluding carboxylic acids is 1. The van der Waals surface area contributed by atoms with E-state index in [0.717, 1.165) is 43.4 Å². The molecule has 1 unspecified atom stereocenters. The number of nitrogens with zero attached hydrogens (tertiary/aromatic N) is 3. The highest BCUT2D eigenvalue weighted by Gasteiger charge is 2.32. The highest BCUT2D eigenvalue weighted by molar-refractivity contribution is 6.31. The van der Waals surface area contributed by atoms with Crippen LogP contribution in [0.5, 0.6) is 0 Å². The number of likely N-dealkylation sites (tertiary alicyclic amines) is 2. The van der Waals surface area contributed by atoms with Crippen LogP contribution in [0.15, 0.2) is 51.9 Å². The van der Waals surface area contributed by atoms with E-state index >= 15 is 8.78 Å². The second-order valence-electron chi connectivity index (χ2n) is 12.3. The number of benzene rings is 2. The molecule has 2 aromatic carbocycles. The molecule has 5 N–H and O–H groups in total. The highest BCUT2D eigenvalue weighted by atomic mass is 35.5. The summed E-state index contributed by atoms with van der Waals surface area (Å²) in [5.41, 5.74) is 14.9. The van der Waals surface area contributed by atoms with Gasteiger partial charge in [-0.15, -0.1) is 0 Å². The molecule has 2 saturated heterocycles. The van der Waals surface area contributed by atoms with Gasteiger partial charge < -0.3 is 31.0 Å². The lowest BCUT2D eigenvalue weighted by atomic mass is 10.0. The van der Waals surface area contributed by atoms with Crippen LogP contribution in [0, 0.1) is 5.92 Å². The number of amidine groups is 1. The van der Waals surface area contributed by atoms with E-state index in [9.17, 15) is 4.79 Å². The molecule has 5 rings (SSSR count). The first kappa shape index (κ1) is 31.9. The largest absolute Gasteiger partial charge is 0.451 e. The van der Waals surface area contributed by atoms with Gasteiger partial charge in [0.05, 0.1) is 17.1 Å². The first-order valence-electron chi connectivity index (χ1n) is 15.6. The maximum absolute atomic E-state index is 15.0. The predicted octanol–water partition coefficient (Wildman–Crippen LogP) is 7.03. The Hall–Kier alpha value is -3.53. The number of furan rings is 1. The van der Waals surface area contributed by atoms with Crippen LogP contribution in [0.3, 0.4) is 0 Å². The number of rotatable bonds is 11. The standard InChI is InChI=1S/C33H43ClF2N6O2/c1-22-12-16-42(20-22)32(31-30(38)25-7-4-5-8-28(25)44-31)39-21-33(35,36)15-6-2-3-9-29(43)41-17-13-24(14-18-41)40-27-19-23(34)10-11-26(27)37/h4-5,7-8,10-11,19,22,24,40H,2-3,6,9,12-18,20-21,37-38H2,1H3. The van der Waals surface area contributed by atoms with Crippen molar-refractivity contribution in [1.29, 1.82) is 0 Å². The molecule has 0 radical (unpaired) electrons. The topological polar surface area (TPSA) is 113 Å². The van der Waals surface area contributed by atoms with Gasteiger partial charge in [-0.25, -0.2) is 8.78 Å². The number of para-hydroxylation sites is 1. The number of nitrogen functional groups attached to an aromatic ring is 2. The van der Waals surface area contributed by atoms with Crippen molar-refractivity contribution in [2.24, 2.45) is 10.9 Å². The second-order valence-corrected chi connectivity index (χ2v) is 12.7. The second kappa shape index (κ2) is 14.1. The monoisotopic (exact) mass is 628 g/mol. The Morgan fingerprint density at radius 2 is 1.82 bits per heavy atom. The summed E-state index contributed by atoms with van der Waals surface area (Å²) in [6.07, 6.45) is 4.13. The highest BCUT2D eigenvalue weighted by Crippen LogP contribution is 2.32. The first-order valence-corrected chi connectivity index (χ1v) is 16.0. The summed E-state index contributed by atoms with van der Waals surface area (Å²) in [5.74, 6) is -1.69. The Morgan fingerprint density at radius 3 is 2.55 bits per heavy atom. The number of piperidine rings is 1. The average molecular weight is 629 g/mol. The molecule has 0 bridgehead atoms. The number of fused-ring (bicyclic) bond motifs is 1. The number of nitrogens with one attached hydrogen (secondary N) is 1. The minimum absolute atomic E-state index is 0.0787. The number of hydrogen-bond acceptors (Lipinski definition) is 6. The first-order chi connectivity index (χ1) is 21.1. The molecule has 238 valence electrons. The molecule has 8 nitrogen and oxygen atoms in total. The van der Waals surface area contributed by atoms with Crippen molar-refractivity contribution in [3.05, 3.63) is 53.2 Å². The van der Waals surface area contributed by atoms with Crippen molar-refractivity contribution >= 4 is 51.4 Å². The molecule has 2 aliphatic heterocycles. The van der Waals surface area contributed by atoms with Gasteiger partial charge in [0.2, 0.25) is 5.91 Å². The summed E-state index contributed by atoms with van der Waals surface area (Å²) in [6.45, 7) is 4.26. The molecule has 44 heavy (non-hydrogen) atoms. The number of anilines is 3. The van der Waals surface area contributed by atoms with E-state index in [-0.39, 0.29) is 18.4 Å². The molecule has 1 aromatic heterocycles. The Morgan fingerprint density at radius 1 is 1.07 bits per heavy atom. The molecule has 2 fully saturated rings. The SMILES string of the molecule is CC1CCN(C(=NCC(F)(F)CCCCCC(=O)N2CCC(Nc3cc(Cl)ccc3N)CC2)c2oc3ccccc3c2N)C1. The van der Waals surface area contributed by atoms with E-state index < -0.39 is 12.5 Å². The number of amides is 1. The van der Waals surface area contributed by atoms with Crippen LogP contribution in [0.1, 0.15) is 64.1 Å². The number of unbranched alkanes of at least 4 members (excludes halogenated alkanes) is 2. The van der Waals surface area contributed by atoms with Crippen LogP contribution in [0.2, 0.25) is 5.02 Å². The normalized spacial score (nSPS) is 18.4. The summed E-state index contributed by atoms with van der Waals surface area (Å²) < 4.78 is 36.0. The number of alkyl halides is 2. The van der Waals surface area contributed by atoms with Gasteiger partial charge in [0.1, 0.15) is 12.1 Å². The molecule has 0 saturated carbocycles. The van der Waals surface area contributed by atoms with Crippen molar-refractivity contribution in [3.8, 4) is 0 Å². The molecule has 1 amide bonds. The van der Waals surface area contributed by atoms with Gasteiger partial charge in [-0.1, -0.05) is 37.1 Å². The van der Waals surface area contributed by atoms with Crippen molar-refractivity contribution in [2.45, 2.75) is 70.3 Å². The fourth-order valence-corrected chi connectivity index (χ4v) is 6.26. The van der Waals surface area contributed by atoms with Gasteiger partial charge in [0.15, 0.2) is 11.6 Å². The molecular weight excluding hydrogens is 586 g/mol. The minimum atomic E-state index is -2.97. The molecule has 2 aliphatic rings. The fourth-order valence-electron chi connectivity index (χ4n) is 6.09. The molecule has 0 spiro atoms. The Bertz CT molecular complexity index is 1470. The molecule has 3 heterocycles. The molecule has 11 heteroatoms. The Labute approximate surface area is 262 Å². The molecule has 3 aromatic rings. The maximum atomic E-state index is 15.0. The summed E-state index contributed by atoms with van der Waals surface area (Å²) in [7, 11) is 0. The smallest absolute Gasteiger partial charge is 0.267 e. The lowest BCUT2D eigenvalue weighted by Gasteiger charge is -2.33. The summed E-state index contributed by atoms with van der Waals surface area (Å²) in [6, 6.07) is 13.0. The van der Waals surface area contributed by atoms with Crippen molar-refractivity contribution in [3.63, 3.8) is 0 Å². The van der Waals surface area contributed by atoms with Gasteiger partial charge in [-0.2, -0.15) is 0 Å². The van der Waals surface area contributed by atoms with Gasteiger partial charge in [-0.05, 0) is 68.4 Å². The number of nitrogens with two attached hydrogens (primary N) is 2. The van der Waals surface area contributed by atoms with Crippen LogP contribution in [0.4, 0.5) is 25.8 Å². The van der Waals surface area contributed by atoms with Gasteiger partial charge in [0.25, 0.3) is 5.92 Å². The molecule has 0 aliphatic carbocycles. The number of carbonyl (C=O) groups is 1. The number of aliphatic imine (C=N–C) groups is 1.